The molecule has 5 heteroatoms. The van der Waals surface area contributed by atoms with E-state index in [2.05, 4.69) is 0 Å². The van der Waals surface area contributed by atoms with Crippen molar-refractivity contribution >= 4 is 41.5 Å². The van der Waals surface area contributed by atoms with Crippen LogP contribution in [0.2, 0.25) is 5.02 Å². The zero-order valence-electron chi connectivity index (χ0n) is 4.95. The Balaban J connectivity index is 0.000001000. The van der Waals surface area contributed by atoms with Crippen LogP contribution in [0.5, 0.6) is 0 Å². The zero-order valence-corrected chi connectivity index (χ0v) is 6.52. The van der Waals surface area contributed by atoms with Crippen LogP contribution in [0, 0.1) is 0 Å². The van der Waals surface area contributed by atoms with Gasteiger partial charge < -0.3 is 4.55 Å². The third kappa shape index (κ3) is 2.98. The predicted molar refractivity (Wildman–Crippen MR) is 47.6 cm³/mol. The van der Waals surface area contributed by atoms with E-state index in [0.717, 1.165) is 0 Å². The molecule has 0 saturated carbocycles. The summed E-state index contributed by atoms with van der Waals surface area (Å²) in [6.45, 7) is 0. The van der Waals surface area contributed by atoms with E-state index < -0.39 is 11.1 Å². The van der Waals surface area contributed by atoms with Crippen molar-refractivity contribution < 1.29 is 8.76 Å². The second kappa shape index (κ2) is 4.97. The van der Waals surface area contributed by atoms with Crippen LogP contribution < -0.4 is 0 Å². The fraction of sp³-hybridized carbons (Fsp3) is 0. The average molecular weight is 185 g/mol. The van der Waals surface area contributed by atoms with Gasteiger partial charge in [-0.2, -0.15) is 0 Å². The normalized spacial score (nSPS) is 11.8. The summed E-state index contributed by atoms with van der Waals surface area (Å²) in [5.41, 5.74) is 0. The third-order valence-corrected chi connectivity index (χ3v) is 2.20. The quantitative estimate of drug-likeness (QED) is 0.527. The fourth-order valence-corrected chi connectivity index (χ4v) is 1.35. The molecule has 1 unspecified atom stereocenters. The number of hydrogen-bond donors (Lipinski definition) is 1. The molecule has 56 valence electrons. The third-order valence-electron chi connectivity index (χ3n) is 1.02. The van der Waals surface area contributed by atoms with Gasteiger partial charge in [-0.25, -0.2) is 4.21 Å². The van der Waals surface area contributed by atoms with E-state index in [1.54, 1.807) is 18.2 Å². The van der Waals surface area contributed by atoms with Gasteiger partial charge in [-0.1, -0.05) is 23.7 Å². The van der Waals surface area contributed by atoms with Crippen LogP contribution in [0.1, 0.15) is 0 Å². The summed E-state index contributed by atoms with van der Waals surface area (Å²) in [6.07, 6.45) is 0. The summed E-state index contributed by atoms with van der Waals surface area (Å²) in [4.78, 5) is 0.254. The van der Waals surface area contributed by atoms with Crippen molar-refractivity contribution in [1.29, 1.82) is 0 Å². The van der Waals surface area contributed by atoms with Crippen LogP contribution in [0.15, 0.2) is 29.2 Å². The molecule has 0 amide bonds. The van der Waals surface area contributed by atoms with E-state index in [1.165, 1.54) is 6.07 Å². The molecule has 0 heterocycles. The van der Waals surface area contributed by atoms with Crippen LogP contribution in [0.25, 0.3) is 0 Å². The molecule has 1 atom stereocenters. The molecule has 0 aliphatic heterocycles. The Morgan fingerprint density at radius 2 is 1.91 bits per heavy atom. The second-order valence-corrected chi connectivity index (χ2v) is 3.02. The molecular weight excluding hydrogens is 179 g/mol. The molecule has 1 N–H and O–H groups in total. The Hall–Kier alpha value is 0.217. The van der Waals surface area contributed by atoms with Crippen molar-refractivity contribution in [2.75, 3.05) is 0 Å². The Morgan fingerprint density at radius 1 is 1.36 bits per heavy atom. The molecule has 0 fully saturated rings. The van der Waals surface area contributed by atoms with E-state index in [0.29, 0.717) is 5.02 Å². The first-order valence-electron chi connectivity index (χ1n) is 2.57. The second-order valence-electron chi connectivity index (χ2n) is 1.68. The van der Waals surface area contributed by atoms with E-state index in [1.807, 2.05) is 0 Å². The van der Waals surface area contributed by atoms with Gasteiger partial charge in [-0.05, 0) is 12.1 Å². The first-order valence-corrected chi connectivity index (χ1v) is 4.05. The molecule has 0 radical (unpaired) electrons. The van der Waals surface area contributed by atoms with Crippen molar-refractivity contribution in [3.8, 4) is 0 Å². The van der Waals surface area contributed by atoms with Crippen LogP contribution >= 0.6 is 11.6 Å². The Bertz CT molecular complexity index is 267. The van der Waals surface area contributed by atoms with Gasteiger partial charge >= 0.3 is 18.9 Å². The van der Waals surface area contributed by atoms with E-state index >= 15 is 0 Å². The molecule has 2 nitrogen and oxygen atoms in total. The minimum absolute atomic E-state index is 0. The van der Waals surface area contributed by atoms with Gasteiger partial charge in [0.1, 0.15) is 0 Å². The molecule has 1 aromatic rings. The van der Waals surface area contributed by atoms with Gasteiger partial charge in [0.05, 0.1) is 9.92 Å². The van der Waals surface area contributed by atoms with Crippen molar-refractivity contribution in [2.24, 2.45) is 0 Å². The topological polar surface area (TPSA) is 37.3 Å². The monoisotopic (exact) mass is 184 g/mol. The van der Waals surface area contributed by atoms with Crippen LogP contribution in [0.4, 0.5) is 0 Å². The van der Waals surface area contributed by atoms with E-state index in [9.17, 15) is 4.21 Å². The fourth-order valence-electron chi connectivity index (χ4n) is 0.586. The van der Waals surface area contributed by atoms with Gasteiger partial charge in [-0.3, -0.25) is 0 Å². The number of halogens is 1. The minimum atomic E-state index is -1.97. The van der Waals surface area contributed by atoms with Crippen molar-refractivity contribution in [3.05, 3.63) is 29.3 Å². The molecular formula is C6H6ClLiO2S. The van der Waals surface area contributed by atoms with E-state index in [4.69, 9.17) is 16.2 Å². The molecule has 0 bridgehead atoms. The van der Waals surface area contributed by atoms with Crippen molar-refractivity contribution in [2.45, 2.75) is 4.90 Å². The van der Waals surface area contributed by atoms with Crippen molar-refractivity contribution in [3.63, 3.8) is 0 Å². The molecule has 0 aliphatic carbocycles. The summed E-state index contributed by atoms with van der Waals surface area (Å²) in [5.74, 6) is 0. The summed E-state index contributed by atoms with van der Waals surface area (Å²) >= 11 is 3.59. The molecule has 0 spiro atoms. The molecule has 1 rings (SSSR count). The maximum absolute atomic E-state index is 10.4. The molecule has 1 aromatic carbocycles. The molecule has 0 aliphatic rings. The van der Waals surface area contributed by atoms with Crippen molar-refractivity contribution in [1.82, 2.24) is 0 Å². The molecule has 0 saturated heterocycles. The summed E-state index contributed by atoms with van der Waals surface area (Å²) in [6, 6.07) is 6.46. The first-order chi connectivity index (χ1) is 4.72. The Labute approximate surface area is 84.4 Å². The number of benzene rings is 1. The van der Waals surface area contributed by atoms with Crippen LogP contribution in [-0.2, 0) is 11.1 Å². The van der Waals surface area contributed by atoms with Gasteiger partial charge in [0.2, 0.25) is 0 Å². The SMILES string of the molecule is O=S(O)c1ccccc1Cl.[LiH]. The van der Waals surface area contributed by atoms with Crippen LogP contribution in [0.3, 0.4) is 0 Å². The average Bonchev–Trinajstić information content (AvgIpc) is 1.88. The summed E-state index contributed by atoms with van der Waals surface area (Å²) in [7, 11) is 0. The number of rotatable bonds is 1. The number of hydrogen-bond acceptors (Lipinski definition) is 1. The maximum atomic E-state index is 10.4. The first kappa shape index (κ1) is 11.2. The van der Waals surface area contributed by atoms with Crippen LogP contribution in [-0.4, -0.2) is 27.6 Å². The zero-order chi connectivity index (χ0) is 7.56. The van der Waals surface area contributed by atoms with Gasteiger partial charge in [0, 0.05) is 0 Å². The molecule has 0 aromatic heterocycles. The predicted octanol–water partition coefficient (Wildman–Crippen LogP) is 1.27. The van der Waals surface area contributed by atoms with E-state index in [-0.39, 0.29) is 23.8 Å². The molecule has 11 heavy (non-hydrogen) atoms. The van der Waals surface area contributed by atoms with Gasteiger partial charge in [-0.15, -0.1) is 0 Å². The van der Waals surface area contributed by atoms with Gasteiger partial charge in [0.25, 0.3) is 0 Å². The summed E-state index contributed by atoms with van der Waals surface area (Å²) in [5, 5.41) is 0.323. The Morgan fingerprint density at radius 3 is 2.27 bits per heavy atom. The Kier molecular flexibility index (Phi) is 5.07. The van der Waals surface area contributed by atoms with Gasteiger partial charge in [0.15, 0.2) is 11.1 Å². The summed E-state index contributed by atoms with van der Waals surface area (Å²) < 4.78 is 19.0. The standard InChI is InChI=1S/C6H5ClO2S.Li.H/c7-5-3-1-2-4-6(5)10(8)9;;/h1-4H,(H,8,9);;.